The molecule has 1 unspecified atom stereocenters. The van der Waals surface area contributed by atoms with Crippen molar-refractivity contribution in [3.63, 3.8) is 0 Å². The lowest BCUT2D eigenvalue weighted by Crippen LogP contribution is -2.35. The van der Waals surface area contributed by atoms with Crippen LogP contribution in [0.1, 0.15) is 12.8 Å². The Morgan fingerprint density at radius 1 is 1.08 bits per heavy atom. The van der Waals surface area contributed by atoms with Gasteiger partial charge in [-0.25, -0.2) is 15.0 Å². The summed E-state index contributed by atoms with van der Waals surface area (Å²) in [7, 11) is 0. The standard InChI is InChI=1S/C19H18N6O/c1-4-13-5-2-8-20-16(13)15(7-1)26-10-14-6-3-9-25(14)19-17-18(22-11-21-17)23-12-24-19/h1-2,4-5,7-8,11-12,14H,3,6,9-10H2,(H,21,22,23,24). The van der Waals surface area contributed by atoms with Crippen molar-refractivity contribution in [1.82, 2.24) is 24.9 Å². The van der Waals surface area contributed by atoms with Gasteiger partial charge in [0.25, 0.3) is 0 Å². The molecule has 1 fully saturated rings. The van der Waals surface area contributed by atoms with E-state index in [9.17, 15) is 0 Å². The molecule has 1 aliphatic rings. The highest BCUT2D eigenvalue weighted by molar-refractivity contribution is 5.84. The van der Waals surface area contributed by atoms with Crippen LogP contribution in [0.2, 0.25) is 0 Å². The molecular formula is C19H18N6O. The Morgan fingerprint density at radius 2 is 2.04 bits per heavy atom. The quantitative estimate of drug-likeness (QED) is 0.612. The maximum Gasteiger partial charge on any atom is 0.162 e. The summed E-state index contributed by atoms with van der Waals surface area (Å²) in [5, 5.41) is 1.09. The number of hydrogen-bond acceptors (Lipinski definition) is 6. The first kappa shape index (κ1) is 15.1. The van der Waals surface area contributed by atoms with Crippen molar-refractivity contribution in [2.24, 2.45) is 0 Å². The lowest BCUT2D eigenvalue weighted by atomic mass is 10.2. The zero-order valence-corrected chi connectivity index (χ0v) is 14.2. The zero-order valence-electron chi connectivity index (χ0n) is 14.2. The van der Waals surface area contributed by atoms with Crippen molar-refractivity contribution < 1.29 is 4.74 Å². The van der Waals surface area contributed by atoms with Gasteiger partial charge in [0.15, 0.2) is 11.5 Å². The molecular weight excluding hydrogens is 328 g/mol. The van der Waals surface area contributed by atoms with Crippen LogP contribution in [-0.4, -0.2) is 44.1 Å². The van der Waals surface area contributed by atoms with Gasteiger partial charge in [-0.15, -0.1) is 0 Å². The third kappa shape index (κ3) is 2.52. The number of benzene rings is 1. The Bertz CT molecular complexity index is 1060. The van der Waals surface area contributed by atoms with Crippen molar-refractivity contribution in [3.05, 3.63) is 49.2 Å². The molecule has 26 heavy (non-hydrogen) atoms. The van der Waals surface area contributed by atoms with Crippen LogP contribution in [0.3, 0.4) is 0 Å². The summed E-state index contributed by atoms with van der Waals surface area (Å²) in [6.07, 6.45) is 7.21. The third-order valence-corrected chi connectivity index (χ3v) is 4.87. The second kappa shape index (κ2) is 6.25. The summed E-state index contributed by atoms with van der Waals surface area (Å²) in [6.45, 7) is 1.53. The van der Waals surface area contributed by atoms with Gasteiger partial charge < -0.3 is 14.6 Å². The second-order valence-corrected chi connectivity index (χ2v) is 6.43. The first-order chi connectivity index (χ1) is 12.9. The van der Waals surface area contributed by atoms with Gasteiger partial charge in [-0.1, -0.05) is 18.2 Å². The van der Waals surface area contributed by atoms with Gasteiger partial charge in [0, 0.05) is 18.1 Å². The Morgan fingerprint density at radius 3 is 3.04 bits per heavy atom. The number of para-hydroxylation sites is 1. The van der Waals surface area contributed by atoms with Gasteiger partial charge in [0.1, 0.15) is 29.7 Å². The number of aromatic nitrogens is 5. The van der Waals surface area contributed by atoms with Gasteiger partial charge in [-0.2, -0.15) is 0 Å². The molecule has 1 atom stereocenters. The number of ether oxygens (including phenoxy) is 1. The molecule has 1 saturated heterocycles. The summed E-state index contributed by atoms with van der Waals surface area (Å²) in [5.41, 5.74) is 2.47. The Kier molecular flexibility index (Phi) is 3.62. The predicted octanol–water partition coefficient (Wildman–Crippen LogP) is 2.95. The molecule has 7 nitrogen and oxygen atoms in total. The molecule has 0 spiro atoms. The molecule has 130 valence electrons. The van der Waals surface area contributed by atoms with Gasteiger partial charge in [0.2, 0.25) is 0 Å². The maximum absolute atomic E-state index is 6.17. The molecule has 7 heteroatoms. The van der Waals surface area contributed by atoms with E-state index in [0.29, 0.717) is 6.61 Å². The number of anilines is 1. The van der Waals surface area contributed by atoms with E-state index < -0.39 is 0 Å². The minimum atomic E-state index is 0.253. The van der Waals surface area contributed by atoms with Crippen LogP contribution >= 0.6 is 0 Å². The van der Waals surface area contributed by atoms with E-state index in [1.165, 1.54) is 0 Å². The minimum Gasteiger partial charge on any atom is -0.489 e. The van der Waals surface area contributed by atoms with E-state index in [2.05, 4.69) is 29.8 Å². The summed E-state index contributed by atoms with van der Waals surface area (Å²) in [6, 6.07) is 10.3. The molecule has 1 N–H and O–H groups in total. The number of pyridine rings is 1. The number of imidazole rings is 1. The van der Waals surface area contributed by atoms with Crippen molar-refractivity contribution in [2.75, 3.05) is 18.1 Å². The van der Waals surface area contributed by atoms with Crippen molar-refractivity contribution in [2.45, 2.75) is 18.9 Å². The predicted molar refractivity (Wildman–Crippen MR) is 99.3 cm³/mol. The molecule has 3 aromatic heterocycles. The van der Waals surface area contributed by atoms with Gasteiger partial charge >= 0.3 is 0 Å². The summed E-state index contributed by atoms with van der Waals surface area (Å²) in [4.78, 5) is 22.9. The minimum absolute atomic E-state index is 0.253. The van der Waals surface area contributed by atoms with E-state index in [4.69, 9.17) is 4.74 Å². The van der Waals surface area contributed by atoms with E-state index in [0.717, 1.165) is 53.0 Å². The van der Waals surface area contributed by atoms with Crippen LogP contribution in [0.15, 0.2) is 49.2 Å². The largest absolute Gasteiger partial charge is 0.489 e. The first-order valence-corrected chi connectivity index (χ1v) is 8.77. The fourth-order valence-electron chi connectivity index (χ4n) is 3.63. The monoisotopic (exact) mass is 346 g/mol. The SMILES string of the molecule is c1cnc2c(OCC3CCCN3c3ncnc4[nH]cnc34)cccc2c1. The van der Waals surface area contributed by atoms with Crippen LogP contribution in [-0.2, 0) is 0 Å². The number of fused-ring (bicyclic) bond motifs is 2. The highest BCUT2D eigenvalue weighted by Gasteiger charge is 2.28. The van der Waals surface area contributed by atoms with Crippen LogP contribution in [0.25, 0.3) is 22.1 Å². The van der Waals surface area contributed by atoms with Gasteiger partial charge in [-0.05, 0) is 25.0 Å². The normalized spacial score (nSPS) is 17.2. The number of nitrogens with zero attached hydrogens (tertiary/aromatic N) is 5. The van der Waals surface area contributed by atoms with Crippen molar-refractivity contribution in [3.8, 4) is 5.75 Å². The molecule has 0 saturated carbocycles. The number of hydrogen-bond donors (Lipinski definition) is 1. The summed E-state index contributed by atoms with van der Waals surface area (Å²) in [5.74, 6) is 1.70. The molecule has 4 heterocycles. The topological polar surface area (TPSA) is 79.8 Å². The smallest absolute Gasteiger partial charge is 0.162 e. The maximum atomic E-state index is 6.17. The molecule has 0 radical (unpaired) electrons. The van der Waals surface area contributed by atoms with E-state index in [1.807, 2.05) is 30.3 Å². The van der Waals surface area contributed by atoms with Crippen LogP contribution < -0.4 is 9.64 Å². The lowest BCUT2D eigenvalue weighted by molar-refractivity contribution is 0.291. The third-order valence-electron chi connectivity index (χ3n) is 4.87. The van der Waals surface area contributed by atoms with E-state index in [1.54, 1.807) is 18.9 Å². The van der Waals surface area contributed by atoms with Crippen LogP contribution in [0, 0.1) is 0 Å². The summed E-state index contributed by atoms with van der Waals surface area (Å²) >= 11 is 0. The number of rotatable bonds is 4. The Labute approximate surface area is 150 Å². The van der Waals surface area contributed by atoms with E-state index >= 15 is 0 Å². The van der Waals surface area contributed by atoms with Crippen molar-refractivity contribution >= 4 is 27.9 Å². The average Bonchev–Trinajstić information content (AvgIpc) is 3.35. The molecule has 0 amide bonds. The molecule has 0 aliphatic carbocycles. The highest BCUT2D eigenvalue weighted by Crippen LogP contribution is 2.29. The fourth-order valence-corrected chi connectivity index (χ4v) is 3.63. The second-order valence-electron chi connectivity index (χ2n) is 6.43. The molecule has 5 rings (SSSR count). The molecule has 0 bridgehead atoms. The van der Waals surface area contributed by atoms with Crippen LogP contribution in [0.5, 0.6) is 5.75 Å². The summed E-state index contributed by atoms with van der Waals surface area (Å²) < 4.78 is 6.17. The Hall–Kier alpha value is -3.22. The molecule has 4 aromatic rings. The highest BCUT2D eigenvalue weighted by atomic mass is 16.5. The fraction of sp³-hybridized carbons (Fsp3) is 0.263. The van der Waals surface area contributed by atoms with Gasteiger partial charge in [0.05, 0.1) is 12.4 Å². The van der Waals surface area contributed by atoms with E-state index in [-0.39, 0.29) is 6.04 Å². The number of H-pyrrole nitrogens is 1. The van der Waals surface area contributed by atoms with Crippen LogP contribution in [0.4, 0.5) is 5.82 Å². The lowest BCUT2D eigenvalue weighted by Gasteiger charge is -2.25. The number of nitrogens with one attached hydrogen (secondary N) is 1. The van der Waals surface area contributed by atoms with Crippen molar-refractivity contribution in [1.29, 1.82) is 0 Å². The molecule has 1 aromatic carbocycles. The average molecular weight is 346 g/mol. The zero-order chi connectivity index (χ0) is 17.3. The Balaban J connectivity index is 1.40. The first-order valence-electron chi connectivity index (χ1n) is 8.77. The molecule has 1 aliphatic heterocycles. The number of aromatic amines is 1. The van der Waals surface area contributed by atoms with Gasteiger partial charge in [-0.3, -0.25) is 4.98 Å².